The molecule has 1 atom stereocenters. The quantitative estimate of drug-likeness (QED) is 0.782. The van der Waals surface area contributed by atoms with Gasteiger partial charge in [0.05, 0.1) is 18.4 Å². The summed E-state index contributed by atoms with van der Waals surface area (Å²) in [5.41, 5.74) is 3.59. The van der Waals surface area contributed by atoms with Crippen molar-refractivity contribution in [1.29, 1.82) is 0 Å². The Kier molecular flexibility index (Phi) is 5.42. The first-order chi connectivity index (χ1) is 11.8. The lowest BCUT2D eigenvalue weighted by atomic mass is 10.2. The first-order valence-electron chi connectivity index (χ1n) is 7.09. The van der Waals surface area contributed by atoms with Crippen LogP contribution in [0.15, 0.2) is 36.5 Å². The van der Waals surface area contributed by atoms with Gasteiger partial charge in [-0.3, -0.25) is 4.79 Å². The van der Waals surface area contributed by atoms with Crippen molar-refractivity contribution in [2.75, 3.05) is 13.7 Å². The topological polar surface area (TPSA) is 99.2 Å². The smallest absolute Gasteiger partial charge is 0.435 e. The highest BCUT2D eigenvalue weighted by molar-refractivity contribution is 5.97. The molecule has 0 bridgehead atoms. The first-order valence-corrected chi connectivity index (χ1v) is 7.09. The fourth-order valence-electron chi connectivity index (χ4n) is 2.05. The second-order valence-electron chi connectivity index (χ2n) is 4.95. The number of nitrogens with zero attached hydrogens (tertiary/aromatic N) is 2. The van der Waals surface area contributed by atoms with Crippen LogP contribution in [0.2, 0.25) is 0 Å². The minimum Gasteiger partial charge on any atom is -0.467 e. The van der Waals surface area contributed by atoms with Crippen molar-refractivity contribution in [2.45, 2.75) is 12.2 Å². The molecular weight excluding hydrogens is 341 g/mol. The number of methoxy groups -OCH3 is 1. The van der Waals surface area contributed by atoms with E-state index in [2.05, 4.69) is 15.2 Å². The van der Waals surface area contributed by atoms with Crippen LogP contribution < -0.4 is 11.1 Å². The average Bonchev–Trinajstić information content (AvgIpc) is 3.05. The van der Waals surface area contributed by atoms with Gasteiger partial charge in [0.15, 0.2) is 5.69 Å². The molecule has 0 fully saturated rings. The maximum absolute atomic E-state index is 13.2. The molecule has 3 N–H and O–H groups in total. The molecule has 0 saturated carbocycles. The van der Waals surface area contributed by atoms with E-state index in [1.807, 2.05) is 0 Å². The van der Waals surface area contributed by atoms with Crippen LogP contribution in [0.1, 0.15) is 16.1 Å². The van der Waals surface area contributed by atoms with Gasteiger partial charge in [-0.15, -0.1) is 0 Å². The zero-order chi connectivity index (χ0) is 18.6. The number of carbonyl (C=O) groups is 2. The van der Waals surface area contributed by atoms with E-state index in [9.17, 15) is 22.8 Å². The van der Waals surface area contributed by atoms with E-state index in [0.717, 1.165) is 18.0 Å². The zero-order valence-corrected chi connectivity index (χ0v) is 13.1. The normalized spacial score (nSPS) is 12.5. The number of alkyl halides is 3. The molecule has 0 aliphatic rings. The molecule has 1 aromatic carbocycles. The van der Waals surface area contributed by atoms with Crippen molar-refractivity contribution in [3.8, 4) is 5.69 Å². The average molecular weight is 356 g/mol. The van der Waals surface area contributed by atoms with Crippen LogP contribution in [0.5, 0.6) is 0 Å². The number of para-hydroxylation sites is 1. The third-order valence-corrected chi connectivity index (χ3v) is 3.27. The molecule has 2 rings (SSSR count). The van der Waals surface area contributed by atoms with E-state index in [-0.39, 0.29) is 6.54 Å². The molecule has 10 heteroatoms. The highest BCUT2D eigenvalue weighted by Crippen LogP contribution is 2.31. The van der Waals surface area contributed by atoms with E-state index >= 15 is 0 Å². The van der Waals surface area contributed by atoms with Crippen molar-refractivity contribution in [3.05, 3.63) is 47.8 Å². The van der Waals surface area contributed by atoms with Crippen molar-refractivity contribution in [1.82, 2.24) is 15.1 Å². The minimum atomic E-state index is -4.85. The third-order valence-electron chi connectivity index (χ3n) is 3.27. The molecule has 134 valence electrons. The number of carbonyl (C=O) groups excluding carboxylic acids is 2. The Hall–Kier alpha value is -2.88. The van der Waals surface area contributed by atoms with E-state index < -0.39 is 35.4 Å². The number of hydrogen-bond donors (Lipinski definition) is 2. The lowest BCUT2D eigenvalue weighted by Crippen LogP contribution is -2.46. The molecule has 0 saturated heterocycles. The lowest BCUT2D eigenvalue weighted by molar-refractivity contribution is -0.142. The first kappa shape index (κ1) is 18.5. The van der Waals surface area contributed by atoms with Gasteiger partial charge in [0.2, 0.25) is 0 Å². The monoisotopic (exact) mass is 356 g/mol. The molecule has 1 amide bonds. The van der Waals surface area contributed by atoms with Crippen LogP contribution in [-0.4, -0.2) is 41.4 Å². The summed E-state index contributed by atoms with van der Waals surface area (Å²) in [5, 5.41) is 5.57. The Morgan fingerprint density at radius 2 is 1.96 bits per heavy atom. The summed E-state index contributed by atoms with van der Waals surface area (Å²) in [6, 6.07) is 6.72. The summed E-state index contributed by atoms with van der Waals surface area (Å²) in [7, 11) is 1.08. The number of nitrogens with one attached hydrogen (secondary N) is 1. The molecule has 2 aromatic rings. The molecular formula is C15H15F3N4O3. The Balaban J connectivity index is 2.40. The maximum atomic E-state index is 13.2. The van der Waals surface area contributed by atoms with Crippen molar-refractivity contribution in [3.63, 3.8) is 0 Å². The predicted molar refractivity (Wildman–Crippen MR) is 80.9 cm³/mol. The van der Waals surface area contributed by atoms with Gasteiger partial charge in [-0.2, -0.15) is 18.3 Å². The molecule has 0 aliphatic carbocycles. The molecule has 1 heterocycles. The molecule has 1 unspecified atom stereocenters. The number of amides is 1. The van der Waals surface area contributed by atoms with Gasteiger partial charge < -0.3 is 15.8 Å². The number of esters is 1. The number of ether oxygens (including phenoxy) is 1. The van der Waals surface area contributed by atoms with Gasteiger partial charge in [0.25, 0.3) is 5.91 Å². The minimum absolute atomic E-state index is 0.327. The number of nitrogens with two attached hydrogens (primary N) is 1. The highest BCUT2D eigenvalue weighted by Gasteiger charge is 2.40. The number of benzene rings is 1. The van der Waals surface area contributed by atoms with Crippen molar-refractivity contribution in [2.24, 2.45) is 5.73 Å². The number of hydrogen-bond acceptors (Lipinski definition) is 5. The summed E-state index contributed by atoms with van der Waals surface area (Å²) in [6.07, 6.45) is -3.91. The molecule has 0 spiro atoms. The molecule has 1 aromatic heterocycles. The Labute approximate surface area is 140 Å². The Morgan fingerprint density at radius 1 is 1.32 bits per heavy atom. The second-order valence-corrected chi connectivity index (χ2v) is 4.95. The summed E-state index contributed by atoms with van der Waals surface area (Å²) in [4.78, 5) is 23.7. The summed E-state index contributed by atoms with van der Waals surface area (Å²) in [5.74, 6) is -1.99. The zero-order valence-electron chi connectivity index (χ0n) is 13.1. The van der Waals surface area contributed by atoms with Crippen LogP contribution in [0.25, 0.3) is 5.69 Å². The van der Waals surface area contributed by atoms with Gasteiger partial charge in [-0.05, 0) is 12.1 Å². The van der Waals surface area contributed by atoms with E-state index in [4.69, 9.17) is 5.73 Å². The van der Waals surface area contributed by atoms with Crippen LogP contribution in [0.4, 0.5) is 13.2 Å². The van der Waals surface area contributed by atoms with E-state index in [1.54, 1.807) is 18.2 Å². The van der Waals surface area contributed by atoms with Gasteiger partial charge in [0.1, 0.15) is 6.04 Å². The van der Waals surface area contributed by atoms with Crippen molar-refractivity contribution >= 4 is 11.9 Å². The van der Waals surface area contributed by atoms with Crippen LogP contribution in [0, 0.1) is 0 Å². The number of rotatable bonds is 5. The highest BCUT2D eigenvalue weighted by atomic mass is 19.4. The standard InChI is InChI=1S/C15H15F3N4O3/c1-25-14(24)11(7-19)20-13(23)10-8-22(9-5-3-2-4-6-9)21-12(10)15(16,17)18/h2-6,8,11H,7,19H2,1H3,(H,20,23). The molecule has 0 radical (unpaired) electrons. The van der Waals surface area contributed by atoms with Gasteiger partial charge in [-0.1, -0.05) is 18.2 Å². The second kappa shape index (κ2) is 7.34. The van der Waals surface area contributed by atoms with Gasteiger partial charge in [-0.25, -0.2) is 9.48 Å². The maximum Gasteiger partial charge on any atom is 0.435 e. The molecule has 0 aliphatic heterocycles. The van der Waals surface area contributed by atoms with E-state index in [1.165, 1.54) is 12.1 Å². The van der Waals surface area contributed by atoms with Crippen LogP contribution in [0.3, 0.4) is 0 Å². The van der Waals surface area contributed by atoms with Gasteiger partial charge in [0, 0.05) is 12.7 Å². The Bertz CT molecular complexity index is 759. The van der Waals surface area contributed by atoms with Crippen LogP contribution in [-0.2, 0) is 15.7 Å². The summed E-state index contributed by atoms with van der Waals surface area (Å²) >= 11 is 0. The fraction of sp³-hybridized carbons (Fsp3) is 0.267. The summed E-state index contributed by atoms with van der Waals surface area (Å²) in [6.45, 7) is -0.327. The van der Waals surface area contributed by atoms with E-state index in [0.29, 0.717) is 5.69 Å². The lowest BCUT2D eigenvalue weighted by Gasteiger charge is -2.14. The molecule has 7 nitrogen and oxygen atoms in total. The molecule has 25 heavy (non-hydrogen) atoms. The predicted octanol–water partition coefficient (Wildman–Crippen LogP) is 1.12. The SMILES string of the molecule is COC(=O)C(CN)NC(=O)c1cn(-c2ccccc2)nc1C(F)(F)F. The number of aromatic nitrogens is 2. The van der Waals surface area contributed by atoms with Crippen molar-refractivity contribution < 1.29 is 27.5 Å². The summed E-state index contributed by atoms with van der Waals surface area (Å²) < 4.78 is 45.0. The van der Waals surface area contributed by atoms with Crippen LogP contribution >= 0.6 is 0 Å². The number of halogens is 3. The largest absolute Gasteiger partial charge is 0.467 e. The Morgan fingerprint density at radius 3 is 2.48 bits per heavy atom. The van der Waals surface area contributed by atoms with Gasteiger partial charge >= 0.3 is 12.1 Å². The fourth-order valence-corrected chi connectivity index (χ4v) is 2.05. The third kappa shape index (κ3) is 4.15.